The van der Waals surface area contributed by atoms with Crippen LogP contribution in [0.5, 0.6) is 0 Å². The van der Waals surface area contributed by atoms with Gasteiger partial charge in [-0.25, -0.2) is 9.50 Å². The van der Waals surface area contributed by atoms with Gasteiger partial charge in [-0.2, -0.15) is 5.10 Å². The molecule has 0 saturated heterocycles. The van der Waals surface area contributed by atoms with E-state index in [4.69, 9.17) is 0 Å². The summed E-state index contributed by atoms with van der Waals surface area (Å²) < 4.78 is 2.72. The van der Waals surface area contributed by atoms with Gasteiger partial charge in [0.15, 0.2) is 5.65 Å². The number of hydrogen-bond acceptors (Lipinski definition) is 3. The number of rotatable bonds is 5. The molecule has 4 nitrogen and oxygen atoms in total. The van der Waals surface area contributed by atoms with Crippen LogP contribution in [0.4, 0.5) is 5.82 Å². The van der Waals surface area contributed by atoms with Gasteiger partial charge in [0.2, 0.25) is 0 Å². The van der Waals surface area contributed by atoms with Crippen molar-refractivity contribution in [3.8, 4) is 0 Å². The second kappa shape index (κ2) is 5.59. The molecule has 2 aliphatic carbocycles. The molecule has 1 N–H and O–H groups in total. The van der Waals surface area contributed by atoms with Crippen molar-refractivity contribution in [3.05, 3.63) is 22.9 Å². The Bertz CT molecular complexity index is 638. The molecule has 0 aromatic carbocycles. The number of anilines is 1. The van der Waals surface area contributed by atoms with Crippen molar-refractivity contribution in [1.29, 1.82) is 0 Å². The summed E-state index contributed by atoms with van der Waals surface area (Å²) in [7, 11) is 0. The molecule has 0 radical (unpaired) electrons. The monoisotopic (exact) mass is 348 g/mol. The van der Waals surface area contributed by atoms with E-state index in [9.17, 15) is 0 Å². The Kier molecular flexibility index (Phi) is 3.61. The van der Waals surface area contributed by atoms with E-state index < -0.39 is 0 Å². The molecule has 3 atom stereocenters. The van der Waals surface area contributed by atoms with E-state index in [0.717, 1.165) is 40.2 Å². The first-order chi connectivity index (χ1) is 10.3. The topological polar surface area (TPSA) is 42.2 Å². The van der Waals surface area contributed by atoms with E-state index in [1.54, 1.807) is 10.7 Å². The summed E-state index contributed by atoms with van der Waals surface area (Å²) in [4.78, 5) is 4.58. The van der Waals surface area contributed by atoms with Crippen LogP contribution in [0.15, 0.2) is 22.9 Å². The summed E-state index contributed by atoms with van der Waals surface area (Å²) in [6, 6.07) is 1.99. The first-order valence-electron chi connectivity index (χ1n) is 8.03. The van der Waals surface area contributed by atoms with Gasteiger partial charge >= 0.3 is 0 Å². The van der Waals surface area contributed by atoms with Crippen LogP contribution < -0.4 is 5.32 Å². The lowest BCUT2D eigenvalue weighted by Gasteiger charge is -2.21. The van der Waals surface area contributed by atoms with Crippen LogP contribution >= 0.6 is 15.9 Å². The van der Waals surface area contributed by atoms with E-state index in [0.29, 0.717) is 0 Å². The average molecular weight is 349 g/mol. The molecule has 4 rings (SSSR count). The molecular weight excluding hydrogens is 328 g/mol. The molecule has 2 aliphatic rings. The number of halogens is 1. The zero-order valence-corrected chi connectivity index (χ0v) is 13.7. The third-order valence-electron chi connectivity index (χ3n) is 5.27. The molecule has 0 aliphatic heterocycles. The number of nitrogens with zero attached hydrogens (tertiary/aromatic N) is 3. The van der Waals surface area contributed by atoms with Crippen molar-refractivity contribution in [1.82, 2.24) is 14.6 Å². The summed E-state index contributed by atoms with van der Waals surface area (Å²) in [5.74, 6) is 4.06. The van der Waals surface area contributed by atoms with Crippen molar-refractivity contribution < 1.29 is 0 Å². The molecule has 112 valence electrons. The largest absolute Gasteiger partial charge is 0.370 e. The lowest BCUT2D eigenvalue weighted by molar-refractivity contribution is 0.311. The van der Waals surface area contributed by atoms with Gasteiger partial charge in [0.25, 0.3) is 0 Å². The van der Waals surface area contributed by atoms with Gasteiger partial charge in [0.1, 0.15) is 5.82 Å². The Labute approximate surface area is 133 Å². The maximum Gasteiger partial charge on any atom is 0.171 e. The van der Waals surface area contributed by atoms with Crippen LogP contribution in [0.1, 0.15) is 38.5 Å². The third kappa shape index (κ3) is 2.68. The highest BCUT2D eigenvalue weighted by molar-refractivity contribution is 9.10. The van der Waals surface area contributed by atoms with Gasteiger partial charge in [0, 0.05) is 12.7 Å². The van der Waals surface area contributed by atoms with E-state index >= 15 is 0 Å². The van der Waals surface area contributed by atoms with E-state index in [1.165, 1.54) is 38.5 Å². The van der Waals surface area contributed by atoms with Gasteiger partial charge in [0.05, 0.1) is 10.7 Å². The van der Waals surface area contributed by atoms with Crippen molar-refractivity contribution in [2.45, 2.75) is 38.5 Å². The summed E-state index contributed by atoms with van der Waals surface area (Å²) in [6.07, 6.45) is 12.4. The number of hydrogen-bond donors (Lipinski definition) is 1. The zero-order valence-electron chi connectivity index (χ0n) is 12.1. The second-order valence-electron chi connectivity index (χ2n) is 6.58. The molecule has 2 fully saturated rings. The molecule has 2 aromatic rings. The number of fused-ring (bicyclic) bond motifs is 3. The maximum atomic E-state index is 4.58. The minimum Gasteiger partial charge on any atom is -0.370 e. The minimum atomic E-state index is 0.869. The van der Waals surface area contributed by atoms with Crippen molar-refractivity contribution >= 4 is 27.4 Å². The molecular formula is C16H21BrN4. The van der Waals surface area contributed by atoms with Crippen molar-refractivity contribution in [3.63, 3.8) is 0 Å². The molecule has 21 heavy (non-hydrogen) atoms. The summed E-state index contributed by atoms with van der Waals surface area (Å²) in [6.45, 7) is 1.02. The first-order valence-corrected chi connectivity index (χ1v) is 8.82. The summed E-state index contributed by atoms with van der Waals surface area (Å²) in [5, 5.41) is 7.66. The Balaban J connectivity index is 1.29. The van der Waals surface area contributed by atoms with Crippen LogP contribution in [0, 0.1) is 17.8 Å². The van der Waals surface area contributed by atoms with Gasteiger partial charge < -0.3 is 5.32 Å². The molecule has 0 spiro atoms. The Morgan fingerprint density at radius 2 is 2.29 bits per heavy atom. The Morgan fingerprint density at radius 3 is 3.10 bits per heavy atom. The highest BCUT2D eigenvalue weighted by Gasteiger charge is 2.38. The maximum absolute atomic E-state index is 4.58. The molecule has 5 heteroatoms. The molecule has 0 amide bonds. The van der Waals surface area contributed by atoms with Crippen LogP contribution in [-0.4, -0.2) is 21.1 Å². The van der Waals surface area contributed by atoms with Gasteiger partial charge in [-0.05, 0) is 71.9 Å². The highest BCUT2D eigenvalue weighted by Crippen LogP contribution is 2.49. The first kappa shape index (κ1) is 13.6. The fourth-order valence-corrected chi connectivity index (χ4v) is 4.61. The molecule has 2 aromatic heterocycles. The predicted octanol–water partition coefficient (Wildman–Crippen LogP) is 4.12. The summed E-state index contributed by atoms with van der Waals surface area (Å²) in [5.41, 5.74) is 0.869. The van der Waals surface area contributed by atoms with Gasteiger partial charge in [-0.1, -0.05) is 6.42 Å². The lowest BCUT2D eigenvalue weighted by atomic mass is 9.85. The van der Waals surface area contributed by atoms with Gasteiger partial charge in [-0.15, -0.1) is 0 Å². The fraction of sp³-hybridized carbons (Fsp3) is 0.625. The smallest absolute Gasteiger partial charge is 0.171 e. The van der Waals surface area contributed by atoms with Crippen LogP contribution in [-0.2, 0) is 0 Å². The van der Waals surface area contributed by atoms with Crippen LogP contribution in [0.3, 0.4) is 0 Å². The summed E-state index contributed by atoms with van der Waals surface area (Å²) >= 11 is 3.47. The Morgan fingerprint density at radius 1 is 1.33 bits per heavy atom. The number of aromatic nitrogens is 3. The quantitative estimate of drug-likeness (QED) is 0.826. The third-order valence-corrected chi connectivity index (χ3v) is 5.83. The van der Waals surface area contributed by atoms with Crippen molar-refractivity contribution in [2.75, 3.05) is 11.9 Å². The average Bonchev–Trinajstić information content (AvgIpc) is 3.20. The number of nitrogens with one attached hydrogen (secondary N) is 1. The van der Waals surface area contributed by atoms with E-state index in [-0.39, 0.29) is 0 Å². The highest BCUT2D eigenvalue weighted by atomic mass is 79.9. The normalized spacial score (nSPS) is 27.6. The van der Waals surface area contributed by atoms with E-state index in [2.05, 4.69) is 31.3 Å². The van der Waals surface area contributed by atoms with Crippen LogP contribution in [0.2, 0.25) is 0 Å². The molecule has 3 unspecified atom stereocenters. The molecule has 2 saturated carbocycles. The second-order valence-corrected chi connectivity index (χ2v) is 7.43. The Hall–Kier alpha value is -1.10. The lowest BCUT2D eigenvalue weighted by Crippen LogP contribution is -2.12. The van der Waals surface area contributed by atoms with Crippen molar-refractivity contribution in [2.24, 2.45) is 17.8 Å². The van der Waals surface area contributed by atoms with Crippen LogP contribution in [0.25, 0.3) is 5.65 Å². The minimum absolute atomic E-state index is 0.869. The molecule has 2 heterocycles. The molecule has 2 bridgehead atoms. The fourth-order valence-electron chi connectivity index (χ4n) is 4.25. The van der Waals surface area contributed by atoms with Gasteiger partial charge in [-0.3, -0.25) is 0 Å². The van der Waals surface area contributed by atoms with E-state index in [1.807, 2.05) is 12.3 Å². The zero-order chi connectivity index (χ0) is 14.2. The predicted molar refractivity (Wildman–Crippen MR) is 87.3 cm³/mol. The standard InChI is InChI=1S/C16H21BrN4/c17-14-10-19-21-7-5-15(20-16(14)21)18-6-1-2-12-8-11-3-4-13(12)9-11/h5,7,10-13H,1-4,6,8-9H2,(H,18,20). The SMILES string of the molecule is Brc1cnn2ccc(NCCCC3CC4CCC3C4)nc12.